The average molecular weight is 300 g/mol. The summed E-state index contributed by atoms with van der Waals surface area (Å²) in [6, 6.07) is 6.86. The predicted octanol–water partition coefficient (Wildman–Crippen LogP) is 0.401. The van der Waals surface area contributed by atoms with Crippen molar-refractivity contribution in [1.82, 2.24) is 8.96 Å². The molecule has 2 aromatic rings. The van der Waals surface area contributed by atoms with Crippen LogP contribution in [0, 0.1) is 0 Å². The van der Waals surface area contributed by atoms with Gasteiger partial charge in [-0.1, -0.05) is 12.1 Å². The van der Waals surface area contributed by atoms with Crippen molar-refractivity contribution in [2.45, 2.75) is 11.7 Å². The van der Waals surface area contributed by atoms with Gasteiger partial charge in [-0.25, -0.2) is 25.8 Å². The Bertz CT molecular complexity index is 836. The van der Waals surface area contributed by atoms with Crippen molar-refractivity contribution in [3.8, 4) is 0 Å². The summed E-state index contributed by atoms with van der Waals surface area (Å²) in [7, 11) is -6.95. The molecule has 6 nitrogen and oxygen atoms in total. The monoisotopic (exact) mass is 300 g/mol. The molecule has 0 amide bonds. The fourth-order valence-corrected chi connectivity index (χ4v) is 6.64. The highest BCUT2D eigenvalue weighted by Crippen LogP contribution is 2.23. The van der Waals surface area contributed by atoms with Gasteiger partial charge in [-0.05, 0) is 18.6 Å². The van der Waals surface area contributed by atoms with Crippen molar-refractivity contribution in [3.05, 3.63) is 30.6 Å². The summed E-state index contributed by atoms with van der Waals surface area (Å²) in [6.07, 6.45) is 1.39. The van der Waals surface area contributed by atoms with Crippen LogP contribution in [-0.4, -0.2) is 42.5 Å². The van der Waals surface area contributed by atoms with Crippen molar-refractivity contribution in [1.29, 1.82) is 0 Å². The van der Waals surface area contributed by atoms with Gasteiger partial charge in [0.25, 0.3) is 0 Å². The van der Waals surface area contributed by atoms with Gasteiger partial charge in [0.1, 0.15) is 6.33 Å². The van der Waals surface area contributed by atoms with Crippen LogP contribution in [0.5, 0.6) is 0 Å². The first-order valence-corrected chi connectivity index (χ1v) is 9.09. The number of nitrogens with zero attached hydrogens (tertiary/aromatic N) is 2. The van der Waals surface area contributed by atoms with Gasteiger partial charge < -0.3 is 0 Å². The van der Waals surface area contributed by atoms with Crippen LogP contribution < -0.4 is 0 Å². The summed E-state index contributed by atoms with van der Waals surface area (Å²) in [5, 5.41) is -0.880. The van der Waals surface area contributed by atoms with E-state index in [1.54, 1.807) is 24.3 Å². The molecule has 0 saturated carbocycles. The highest BCUT2D eigenvalue weighted by Gasteiger charge is 2.38. The van der Waals surface area contributed by atoms with Crippen molar-refractivity contribution in [2.75, 3.05) is 11.5 Å². The Morgan fingerprint density at radius 3 is 2.68 bits per heavy atom. The smallest absolute Gasteiger partial charge is 0.236 e. The lowest BCUT2D eigenvalue weighted by molar-refractivity contribution is 0.575. The van der Waals surface area contributed by atoms with E-state index < -0.39 is 25.1 Å². The van der Waals surface area contributed by atoms with E-state index in [1.807, 2.05) is 0 Å². The number of benzene rings is 1. The molecule has 19 heavy (non-hydrogen) atoms. The molecule has 1 aromatic heterocycles. The Morgan fingerprint density at radius 1 is 1.26 bits per heavy atom. The first-order chi connectivity index (χ1) is 8.90. The fourth-order valence-electron chi connectivity index (χ4n) is 2.30. The summed E-state index contributed by atoms with van der Waals surface area (Å²) >= 11 is 0. The second kappa shape index (κ2) is 4.04. The van der Waals surface area contributed by atoms with Crippen molar-refractivity contribution in [3.63, 3.8) is 0 Å². The molecule has 0 spiro atoms. The minimum Gasteiger partial charge on any atom is -0.236 e. The molecule has 1 atom stereocenters. The minimum atomic E-state index is -3.72. The molecule has 1 aromatic carbocycles. The average Bonchev–Trinajstić information content (AvgIpc) is 2.92. The molecule has 0 radical (unpaired) electrons. The largest absolute Gasteiger partial charge is 0.244 e. The van der Waals surface area contributed by atoms with Crippen molar-refractivity contribution in [2.24, 2.45) is 0 Å². The van der Waals surface area contributed by atoms with Gasteiger partial charge in [-0.15, -0.1) is 0 Å². The van der Waals surface area contributed by atoms with Gasteiger partial charge in [-0.2, -0.15) is 0 Å². The Balaban J connectivity index is 2.11. The lowest BCUT2D eigenvalue weighted by Crippen LogP contribution is -2.28. The maximum Gasteiger partial charge on any atom is 0.244 e. The molecular formula is C11H12N2O4S2. The Hall–Kier alpha value is -1.41. The highest BCUT2D eigenvalue weighted by atomic mass is 32.2. The van der Waals surface area contributed by atoms with E-state index in [0.29, 0.717) is 11.0 Å². The lowest BCUT2D eigenvalue weighted by Gasteiger charge is -2.11. The van der Waals surface area contributed by atoms with Gasteiger partial charge in [0, 0.05) is 0 Å². The van der Waals surface area contributed by atoms with Crippen molar-refractivity contribution >= 4 is 30.9 Å². The van der Waals surface area contributed by atoms with Crippen LogP contribution in [0.2, 0.25) is 0 Å². The lowest BCUT2D eigenvalue weighted by atomic mass is 10.3. The van der Waals surface area contributed by atoms with E-state index >= 15 is 0 Å². The quantitative estimate of drug-likeness (QED) is 0.801. The van der Waals surface area contributed by atoms with E-state index in [4.69, 9.17) is 0 Å². The number of aromatic nitrogens is 2. The molecule has 8 heteroatoms. The Kier molecular flexibility index (Phi) is 2.68. The number of hydrogen-bond donors (Lipinski definition) is 0. The van der Waals surface area contributed by atoms with E-state index in [0.717, 1.165) is 3.97 Å². The van der Waals surface area contributed by atoms with Gasteiger partial charge in [-0.3, -0.25) is 0 Å². The molecule has 1 aliphatic heterocycles. The van der Waals surface area contributed by atoms with Crippen LogP contribution in [0.25, 0.3) is 11.0 Å². The van der Waals surface area contributed by atoms with Gasteiger partial charge in [0.2, 0.25) is 10.0 Å². The SMILES string of the molecule is O=S1(=O)CCC(S(=O)(=O)n2cnc3ccccc32)C1. The van der Waals surface area contributed by atoms with Crippen LogP contribution >= 0.6 is 0 Å². The number of para-hydroxylation sites is 2. The summed E-state index contributed by atoms with van der Waals surface area (Å²) in [6.45, 7) is 0. The Morgan fingerprint density at radius 2 is 2.00 bits per heavy atom. The minimum absolute atomic E-state index is 0.0659. The third kappa shape index (κ3) is 2.04. The molecule has 0 N–H and O–H groups in total. The zero-order chi connectivity index (χ0) is 13.7. The standard InChI is InChI=1S/C11H12N2O4S2/c14-18(15)6-5-9(7-18)19(16,17)13-8-12-10-3-1-2-4-11(10)13/h1-4,8-9H,5-7H2. The fraction of sp³-hybridized carbons (Fsp3) is 0.364. The van der Waals surface area contributed by atoms with Crippen LogP contribution in [0.1, 0.15) is 6.42 Å². The second-order valence-corrected chi connectivity index (χ2v) is 8.92. The number of sulfone groups is 1. The zero-order valence-corrected chi connectivity index (χ0v) is 11.6. The first-order valence-electron chi connectivity index (χ1n) is 5.77. The topological polar surface area (TPSA) is 86.1 Å². The number of imidazole rings is 1. The molecule has 1 unspecified atom stereocenters. The molecule has 0 aliphatic carbocycles. The number of hydrogen-bond acceptors (Lipinski definition) is 5. The summed E-state index contributed by atoms with van der Waals surface area (Å²) < 4.78 is 48.9. The van der Waals surface area contributed by atoms with E-state index in [9.17, 15) is 16.8 Å². The first kappa shape index (κ1) is 12.6. The molecule has 0 bridgehead atoms. The summed E-state index contributed by atoms with van der Waals surface area (Å²) in [5.74, 6) is -0.370. The van der Waals surface area contributed by atoms with E-state index in [2.05, 4.69) is 4.98 Å². The number of fused-ring (bicyclic) bond motifs is 1. The summed E-state index contributed by atoms with van der Waals surface area (Å²) in [4.78, 5) is 4.03. The van der Waals surface area contributed by atoms with Crippen LogP contribution in [0.3, 0.4) is 0 Å². The molecule has 1 saturated heterocycles. The molecule has 1 aliphatic rings. The maximum atomic E-state index is 12.5. The predicted molar refractivity (Wildman–Crippen MR) is 71.1 cm³/mol. The Labute approximate surface area is 111 Å². The second-order valence-electron chi connectivity index (χ2n) is 4.60. The molecule has 2 heterocycles. The van der Waals surface area contributed by atoms with Crippen LogP contribution in [-0.2, 0) is 19.9 Å². The van der Waals surface area contributed by atoms with E-state index in [1.165, 1.54) is 6.33 Å². The molecule has 3 rings (SSSR count). The summed E-state index contributed by atoms with van der Waals surface area (Å²) in [5.41, 5.74) is 1.05. The molecule has 102 valence electrons. The molecule has 1 fully saturated rings. The third-order valence-electron chi connectivity index (χ3n) is 3.31. The normalized spacial score (nSPS) is 22.8. The van der Waals surface area contributed by atoms with Crippen molar-refractivity contribution < 1.29 is 16.8 Å². The zero-order valence-electron chi connectivity index (χ0n) is 9.93. The van der Waals surface area contributed by atoms with Gasteiger partial charge in [0.05, 0.1) is 27.8 Å². The van der Waals surface area contributed by atoms with Gasteiger partial charge in [0.15, 0.2) is 9.84 Å². The third-order valence-corrected chi connectivity index (χ3v) is 7.37. The maximum absolute atomic E-state index is 12.5. The molecular weight excluding hydrogens is 288 g/mol. The van der Waals surface area contributed by atoms with Gasteiger partial charge >= 0.3 is 0 Å². The number of rotatable bonds is 2. The van der Waals surface area contributed by atoms with Crippen LogP contribution in [0.15, 0.2) is 30.6 Å². The highest BCUT2D eigenvalue weighted by molar-refractivity contribution is 7.95. The van der Waals surface area contributed by atoms with E-state index in [-0.39, 0.29) is 17.9 Å². The van der Waals surface area contributed by atoms with Crippen LogP contribution in [0.4, 0.5) is 0 Å².